The number of esters is 1. The molecule has 5 nitrogen and oxygen atoms in total. The van der Waals surface area contributed by atoms with Crippen LogP contribution in [-0.2, 0) is 9.53 Å². The Morgan fingerprint density at radius 2 is 2.40 bits per heavy atom. The number of piperazine rings is 1. The van der Waals surface area contributed by atoms with Crippen molar-refractivity contribution in [2.45, 2.75) is 19.9 Å². The van der Waals surface area contributed by atoms with E-state index < -0.39 is 0 Å². The molecule has 0 saturated carbocycles. The molecular formula is C15H19N3O2. The number of ether oxygens (including phenoxy) is 1. The van der Waals surface area contributed by atoms with E-state index in [0.717, 1.165) is 17.8 Å². The highest BCUT2D eigenvalue weighted by molar-refractivity contribution is 5.82. The van der Waals surface area contributed by atoms with Crippen molar-refractivity contribution in [3.8, 4) is 6.07 Å². The average Bonchev–Trinajstić information content (AvgIpc) is 2.47. The number of hydrogen-bond acceptors (Lipinski definition) is 5. The maximum atomic E-state index is 12.1. The minimum absolute atomic E-state index is 0.244. The van der Waals surface area contributed by atoms with E-state index in [1.54, 1.807) is 13.0 Å². The van der Waals surface area contributed by atoms with Gasteiger partial charge in [-0.3, -0.25) is 0 Å². The van der Waals surface area contributed by atoms with Crippen LogP contribution in [0.1, 0.15) is 18.1 Å². The molecule has 1 aromatic carbocycles. The van der Waals surface area contributed by atoms with Gasteiger partial charge in [-0.1, -0.05) is 12.1 Å². The van der Waals surface area contributed by atoms with Crippen LogP contribution in [0.2, 0.25) is 0 Å². The molecule has 2 rings (SSSR count). The summed E-state index contributed by atoms with van der Waals surface area (Å²) in [5.41, 5.74) is 2.44. The van der Waals surface area contributed by atoms with Gasteiger partial charge in [-0.15, -0.1) is 0 Å². The first-order valence-electron chi connectivity index (χ1n) is 6.82. The van der Waals surface area contributed by atoms with Gasteiger partial charge in [0.1, 0.15) is 12.1 Å². The van der Waals surface area contributed by atoms with Crippen molar-refractivity contribution >= 4 is 11.7 Å². The third-order valence-corrected chi connectivity index (χ3v) is 3.45. The molecule has 1 aliphatic rings. The SMILES string of the molecule is CCOC(=O)C1CNCCN1c1c(C)cccc1C#N. The van der Waals surface area contributed by atoms with Gasteiger partial charge in [0.15, 0.2) is 0 Å². The minimum atomic E-state index is -0.378. The van der Waals surface area contributed by atoms with Crippen molar-refractivity contribution in [3.05, 3.63) is 29.3 Å². The molecule has 1 atom stereocenters. The molecule has 0 radical (unpaired) electrons. The Morgan fingerprint density at radius 1 is 1.60 bits per heavy atom. The van der Waals surface area contributed by atoms with E-state index in [9.17, 15) is 10.1 Å². The normalized spacial score (nSPS) is 18.4. The van der Waals surface area contributed by atoms with Crippen molar-refractivity contribution in [2.24, 2.45) is 0 Å². The standard InChI is InChI=1S/C15H19N3O2/c1-3-20-15(19)13-10-17-7-8-18(13)14-11(2)5-4-6-12(14)9-16/h4-6,13,17H,3,7-8,10H2,1-2H3. The first kappa shape index (κ1) is 14.4. The fraction of sp³-hybridized carbons (Fsp3) is 0.467. The van der Waals surface area contributed by atoms with Crippen LogP contribution < -0.4 is 10.2 Å². The molecule has 1 saturated heterocycles. The van der Waals surface area contributed by atoms with E-state index in [0.29, 0.717) is 25.3 Å². The van der Waals surface area contributed by atoms with E-state index in [1.807, 2.05) is 24.0 Å². The van der Waals surface area contributed by atoms with Crippen LogP contribution in [0.15, 0.2) is 18.2 Å². The van der Waals surface area contributed by atoms with Gasteiger partial charge in [-0.2, -0.15) is 5.26 Å². The molecule has 1 aliphatic heterocycles. The van der Waals surface area contributed by atoms with Crippen LogP contribution in [0.5, 0.6) is 0 Å². The van der Waals surface area contributed by atoms with Crippen LogP contribution in [0, 0.1) is 18.3 Å². The topological polar surface area (TPSA) is 65.4 Å². The quantitative estimate of drug-likeness (QED) is 0.839. The number of hydrogen-bond donors (Lipinski definition) is 1. The Kier molecular flexibility index (Phi) is 4.59. The molecule has 1 unspecified atom stereocenters. The Labute approximate surface area is 119 Å². The number of nitriles is 1. The summed E-state index contributed by atoms with van der Waals surface area (Å²) in [6.45, 7) is 6.13. The largest absolute Gasteiger partial charge is 0.464 e. The summed E-state index contributed by atoms with van der Waals surface area (Å²) in [6, 6.07) is 7.44. The highest BCUT2D eigenvalue weighted by Gasteiger charge is 2.31. The lowest BCUT2D eigenvalue weighted by Crippen LogP contribution is -2.56. The van der Waals surface area contributed by atoms with Crippen molar-refractivity contribution in [1.82, 2.24) is 5.32 Å². The predicted octanol–water partition coefficient (Wildman–Crippen LogP) is 1.21. The summed E-state index contributed by atoms with van der Waals surface area (Å²) in [5, 5.41) is 12.5. The molecule has 20 heavy (non-hydrogen) atoms. The van der Waals surface area contributed by atoms with Gasteiger partial charge in [0.2, 0.25) is 0 Å². The van der Waals surface area contributed by atoms with Gasteiger partial charge in [-0.05, 0) is 25.5 Å². The molecule has 0 aliphatic carbocycles. The van der Waals surface area contributed by atoms with E-state index in [1.165, 1.54) is 0 Å². The predicted molar refractivity (Wildman–Crippen MR) is 76.5 cm³/mol. The first-order valence-corrected chi connectivity index (χ1v) is 6.82. The Morgan fingerprint density at radius 3 is 3.10 bits per heavy atom. The maximum Gasteiger partial charge on any atom is 0.330 e. The van der Waals surface area contributed by atoms with Crippen molar-refractivity contribution in [1.29, 1.82) is 5.26 Å². The van der Waals surface area contributed by atoms with E-state index >= 15 is 0 Å². The average molecular weight is 273 g/mol. The molecular weight excluding hydrogens is 254 g/mol. The summed E-state index contributed by atoms with van der Waals surface area (Å²) >= 11 is 0. The number of rotatable bonds is 3. The second-order valence-electron chi connectivity index (χ2n) is 4.75. The highest BCUT2D eigenvalue weighted by atomic mass is 16.5. The van der Waals surface area contributed by atoms with Gasteiger partial charge in [0.05, 0.1) is 17.9 Å². The van der Waals surface area contributed by atoms with Crippen LogP contribution in [0.3, 0.4) is 0 Å². The summed E-state index contributed by atoms with van der Waals surface area (Å²) < 4.78 is 5.14. The second-order valence-corrected chi connectivity index (χ2v) is 4.75. The number of aryl methyl sites for hydroxylation is 1. The van der Waals surface area contributed by atoms with Crippen molar-refractivity contribution in [2.75, 3.05) is 31.1 Å². The van der Waals surface area contributed by atoms with Gasteiger partial charge in [-0.25, -0.2) is 4.79 Å². The summed E-state index contributed by atoms with van der Waals surface area (Å²) in [6.07, 6.45) is 0. The molecule has 5 heteroatoms. The van der Waals surface area contributed by atoms with Crippen molar-refractivity contribution in [3.63, 3.8) is 0 Å². The zero-order valence-electron chi connectivity index (χ0n) is 11.8. The molecule has 0 spiro atoms. The van der Waals surface area contributed by atoms with E-state index in [-0.39, 0.29) is 12.0 Å². The fourth-order valence-corrected chi connectivity index (χ4v) is 2.55. The van der Waals surface area contributed by atoms with Crippen LogP contribution >= 0.6 is 0 Å². The Bertz CT molecular complexity index is 536. The molecule has 0 amide bonds. The Balaban J connectivity index is 2.38. The molecule has 0 bridgehead atoms. The zero-order chi connectivity index (χ0) is 14.5. The smallest absolute Gasteiger partial charge is 0.330 e. The van der Waals surface area contributed by atoms with Gasteiger partial charge >= 0.3 is 5.97 Å². The Hall–Kier alpha value is -2.06. The van der Waals surface area contributed by atoms with Gasteiger partial charge < -0.3 is 15.0 Å². The number of para-hydroxylation sites is 1. The lowest BCUT2D eigenvalue weighted by atomic mass is 10.0. The number of carbonyl (C=O) groups is 1. The number of nitrogens with one attached hydrogen (secondary N) is 1. The fourth-order valence-electron chi connectivity index (χ4n) is 2.55. The molecule has 106 valence electrons. The zero-order valence-corrected chi connectivity index (χ0v) is 11.8. The lowest BCUT2D eigenvalue weighted by molar-refractivity contribution is -0.144. The van der Waals surface area contributed by atoms with E-state index in [2.05, 4.69) is 11.4 Å². The molecule has 1 heterocycles. The van der Waals surface area contributed by atoms with Crippen LogP contribution in [0.25, 0.3) is 0 Å². The van der Waals surface area contributed by atoms with E-state index in [4.69, 9.17) is 4.74 Å². The monoisotopic (exact) mass is 273 g/mol. The second kappa shape index (κ2) is 6.40. The maximum absolute atomic E-state index is 12.1. The number of anilines is 1. The number of nitrogens with zero attached hydrogens (tertiary/aromatic N) is 2. The van der Waals surface area contributed by atoms with Gasteiger partial charge in [0.25, 0.3) is 0 Å². The third-order valence-electron chi connectivity index (χ3n) is 3.45. The lowest BCUT2D eigenvalue weighted by Gasteiger charge is -2.37. The minimum Gasteiger partial charge on any atom is -0.464 e. The number of carbonyl (C=O) groups excluding carboxylic acids is 1. The molecule has 1 N–H and O–H groups in total. The summed E-state index contributed by atoms with van der Waals surface area (Å²) in [7, 11) is 0. The number of benzene rings is 1. The van der Waals surface area contributed by atoms with Crippen LogP contribution in [0.4, 0.5) is 5.69 Å². The van der Waals surface area contributed by atoms with Crippen LogP contribution in [-0.4, -0.2) is 38.3 Å². The van der Waals surface area contributed by atoms with Crippen molar-refractivity contribution < 1.29 is 9.53 Å². The first-order chi connectivity index (χ1) is 9.69. The third kappa shape index (κ3) is 2.75. The molecule has 1 aromatic rings. The summed E-state index contributed by atoms with van der Waals surface area (Å²) in [5.74, 6) is -0.244. The molecule has 1 fully saturated rings. The summed E-state index contributed by atoms with van der Waals surface area (Å²) in [4.78, 5) is 14.1. The highest BCUT2D eigenvalue weighted by Crippen LogP contribution is 2.27. The molecule has 0 aromatic heterocycles. The van der Waals surface area contributed by atoms with Gasteiger partial charge in [0, 0.05) is 19.6 Å².